The molecular formula is C19H23N5O2. The average molecular weight is 353 g/mol. The Morgan fingerprint density at radius 1 is 1.27 bits per heavy atom. The van der Waals surface area contributed by atoms with Crippen LogP contribution in [-0.4, -0.2) is 49.1 Å². The van der Waals surface area contributed by atoms with Crippen LogP contribution in [0.3, 0.4) is 0 Å². The molecule has 0 saturated heterocycles. The number of aliphatic hydroxyl groups is 1. The Balaban J connectivity index is 1.73. The van der Waals surface area contributed by atoms with E-state index in [9.17, 15) is 9.90 Å². The SMILES string of the molecule is CC(C)c1cc(C(=O)N(C)CC[C@H](O)c2ccccc2)nc2ncnn12. The van der Waals surface area contributed by atoms with Crippen molar-refractivity contribution in [2.75, 3.05) is 13.6 Å². The minimum absolute atomic E-state index is 0.180. The fraction of sp³-hybridized carbons (Fsp3) is 0.368. The van der Waals surface area contributed by atoms with Gasteiger partial charge in [-0.2, -0.15) is 10.1 Å². The molecule has 0 radical (unpaired) electrons. The van der Waals surface area contributed by atoms with E-state index in [1.54, 1.807) is 22.5 Å². The summed E-state index contributed by atoms with van der Waals surface area (Å²) in [6, 6.07) is 11.2. The Hall–Kier alpha value is -2.80. The number of nitrogens with zero attached hydrogens (tertiary/aromatic N) is 5. The van der Waals surface area contributed by atoms with Gasteiger partial charge in [0.15, 0.2) is 0 Å². The highest BCUT2D eigenvalue weighted by Gasteiger charge is 2.19. The van der Waals surface area contributed by atoms with E-state index >= 15 is 0 Å². The summed E-state index contributed by atoms with van der Waals surface area (Å²) >= 11 is 0. The predicted octanol–water partition coefficient (Wildman–Crippen LogP) is 2.44. The zero-order chi connectivity index (χ0) is 18.7. The van der Waals surface area contributed by atoms with Crippen LogP contribution in [0.15, 0.2) is 42.7 Å². The van der Waals surface area contributed by atoms with Crippen LogP contribution >= 0.6 is 0 Å². The van der Waals surface area contributed by atoms with Crippen LogP contribution in [0.25, 0.3) is 5.78 Å². The van der Waals surface area contributed by atoms with E-state index in [0.717, 1.165) is 11.3 Å². The number of aliphatic hydroxyl groups excluding tert-OH is 1. The lowest BCUT2D eigenvalue weighted by Crippen LogP contribution is -2.30. The molecule has 0 unspecified atom stereocenters. The smallest absolute Gasteiger partial charge is 0.272 e. The molecule has 0 saturated carbocycles. The van der Waals surface area contributed by atoms with Gasteiger partial charge in [0.25, 0.3) is 11.7 Å². The lowest BCUT2D eigenvalue weighted by atomic mass is 10.1. The van der Waals surface area contributed by atoms with Gasteiger partial charge in [0.05, 0.1) is 11.8 Å². The van der Waals surface area contributed by atoms with Crippen molar-refractivity contribution in [2.24, 2.45) is 0 Å². The quantitative estimate of drug-likeness (QED) is 0.736. The highest BCUT2D eigenvalue weighted by molar-refractivity contribution is 5.92. The van der Waals surface area contributed by atoms with Gasteiger partial charge >= 0.3 is 0 Å². The number of aromatic nitrogens is 4. The highest BCUT2D eigenvalue weighted by atomic mass is 16.3. The van der Waals surface area contributed by atoms with E-state index in [1.165, 1.54) is 6.33 Å². The number of carbonyl (C=O) groups is 1. The first-order chi connectivity index (χ1) is 12.5. The number of rotatable bonds is 6. The number of amides is 1. The molecule has 2 heterocycles. The third kappa shape index (κ3) is 3.72. The van der Waals surface area contributed by atoms with Gasteiger partial charge in [0.2, 0.25) is 0 Å². The van der Waals surface area contributed by atoms with Crippen molar-refractivity contribution < 1.29 is 9.90 Å². The van der Waals surface area contributed by atoms with Crippen LogP contribution in [0.4, 0.5) is 0 Å². The number of hydrogen-bond acceptors (Lipinski definition) is 5. The molecule has 136 valence electrons. The van der Waals surface area contributed by atoms with Crippen LogP contribution in [0.5, 0.6) is 0 Å². The molecule has 1 N–H and O–H groups in total. The molecule has 7 nitrogen and oxygen atoms in total. The maximum Gasteiger partial charge on any atom is 0.272 e. The van der Waals surface area contributed by atoms with Crippen molar-refractivity contribution in [3.05, 3.63) is 59.7 Å². The van der Waals surface area contributed by atoms with Crippen molar-refractivity contribution in [3.8, 4) is 0 Å². The molecule has 0 fully saturated rings. The summed E-state index contributed by atoms with van der Waals surface area (Å²) in [5.74, 6) is 0.397. The topological polar surface area (TPSA) is 83.6 Å². The molecule has 3 rings (SSSR count). The van der Waals surface area contributed by atoms with Crippen molar-refractivity contribution in [1.82, 2.24) is 24.5 Å². The third-order valence-electron chi connectivity index (χ3n) is 4.36. The van der Waals surface area contributed by atoms with Crippen molar-refractivity contribution >= 4 is 11.7 Å². The monoisotopic (exact) mass is 353 g/mol. The zero-order valence-corrected chi connectivity index (χ0v) is 15.2. The second-order valence-corrected chi connectivity index (χ2v) is 6.63. The number of hydrogen-bond donors (Lipinski definition) is 1. The molecular weight excluding hydrogens is 330 g/mol. The predicted molar refractivity (Wildman–Crippen MR) is 97.9 cm³/mol. The lowest BCUT2D eigenvalue weighted by Gasteiger charge is -2.20. The van der Waals surface area contributed by atoms with Crippen LogP contribution in [0.2, 0.25) is 0 Å². The largest absolute Gasteiger partial charge is 0.388 e. The van der Waals surface area contributed by atoms with Gasteiger partial charge in [0.1, 0.15) is 12.0 Å². The molecule has 0 bridgehead atoms. The van der Waals surface area contributed by atoms with Gasteiger partial charge in [-0.3, -0.25) is 4.79 Å². The Morgan fingerprint density at radius 3 is 2.69 bits per heavy atom. The zero-order valence-electron chi connectivity index (χ0n) is 15.2. The highest BCUT2D eigenvalue weighted by Crippen LogP contribution is 2.18. The van der Waals surface area contributed by atoms with E-state index in [-0.39, 0.29) is 11.8 Å². The normalized spacial score (nSPS) is 12.5. The molecule has 2 aromatic heterocycles. The molecule has 0 aliphatic heterocycles. The summed E-state index contributed by atoms with van der Waals surface area (Å²) in [6.07, 6.45) is 1.28. The average Bonchev–Trinajstić information content (AvgIpc) is 3.13. The Morgan fingerprint density at radius 2 is 2.00 bits per heavy atom. The van der Waals surface area contributed by atoms with E-state index in [4.69, 9.17) is 0 Å². The summed E-state index contributed by atoms with van der Waals surface area (Å²) in [4.78, 5) is 22.8. The fourth-order valence-electron chi connectivity index (χ4n) is 2.81. The van der Waals surface area contributed by atoms with E-state index < -0.39 is 6.10 Å². The number of carbonyl (C=O) groups excluding carboxylic acids is 1. The summed E-state index contributed by atoms with van der Waals surface area (Å²) in [5.41, 5.74) is 2.07. The van der Waals surface area contributed by atoms with Gasteiger partial charge in [-0.05, 0) is 24.0 Å². The van der Waals surface area contributed by atoms with E-state index in [1.807, 2.05) is 44.2 Å². The minimum atomic E-state index is -0.607. The first-order valence-corrected chi connectivity index (χ1v) is 8.66. The Bertz CT molecular complexity index is 891. The van der Waals surface area contributed by atoms with E-state index in [0.29, 0.717) is 24.4 Å². The van der Waals surface area contributed by atoms with Crippen molar-refractivity contribution in [2.45, 2.75) is 32.3 Å². The summed E-state index contributed by atoms with van der Waals surface area (Å²) in [5, 5.41) is 14.4. The first-order valence-electron chi connectivity index (χ1n) is 8.66. The summed E-state index contributed by atoms with van der Waals surface area (Å²) in [6.45, 7) is 4.49. The third-order valence-corrected chi connectivity index (χ3v) is 4.36. The molecule has 26 heavy (non-hydrogen) atoms. The standard InChI is InChI=1S/C19H23N5O2/c1-13(2)16-11-15(22-19-20-12-21-24(16)19)18(26)23(3)10-9-17(25)14-7-5-4-6-8-14/h4-8,11-13,17,25H,9-10H2,1-3H3/t17-/m0/s1. The second-order valence-electron chi connectivity index (χ2n) is 6.63. The molecule has 3 aromatic rings. The first kappa shape index (κ1) is 18.0. The van der Waals surface area contributed by atoms with Crippen molar-refractivity contribution in [3.63, 3.8) is 0 Å². The fourth-order valence-corrected chi connectivity index (χ4v) is 2.81. The van der Waals surface area contributed by atoms with Gasteiger partial charge in [-0.15, -0.1) is 0 Å². The maximum atomic E-state index is 12.8. The Labute approximate surface area is 152 Å². The van der Waals surface area contributed by atoms with Crippen LogP contribution in [-0.2, 0) is 0 Å². The second kappa shape index (κ2) is 7.61. The number of benzene rings is 1. The van der Waals surface area contributed by atoms with Gasteiger partial charge in [-0.1, -0.05) is 44.2 Å². The van der Waals surface area contributed by atoms with Crippen LogP contribution < -0.4 is 0 Å². The summed E-state index contributed by atoms with van der Waals surface area (Å²) in [7, 11) is 1.71. The maximum absolute atomic E-state index is 12.8. The van der Waals surface area contributed by atoms with Gasteiger partial charge in [0, 0.05) is 13.6 Å². The van der Waals surface area contributed by atoms with Gasteiger partial charge < -0.3 is 10.0 Å². The van der Waals surface area contributed by atoms with Crippen LogP contribution in [0, 0.1) is 0 Å². The molecule has 0 aliphatic rings. The lowest BCUT2D eigenvalue weighted by molar-refractivity contribution is 0.0755. The Kier molecular flexibility index (Phi) is 5.27. The minimum Gasteiger partial charge on any atom is -0.388 e. The van der Waals surface area contributed by atoms with E-state index in [2.05, 4.69) is 15.1 Å². The molecule has 1 atom stereocenters. The molecule has 1 amide bonds. The van der Waals surface area contributed by atoms with Crippen LogP contribution in [0.1, 0.15) is 54.0 Å². The molecule has 1 aromatic carbocycles. The summed E-state index contributed by atoms with van der Waals surface area (Å²) < 4.78 is 1.65. The molecule has 7 heteroatoms. The molecule has 0 spiro atoms. The molecule has 0 aliphatic carbocycles. The number of fused-ring (bicyclic) bond motifs is 1. The van der Waals surface area contributed by atoms with Crippen molar-refractivity contribution in [1.29, 1.82) is 0 Å². The van der Waals surface area contributed by atoms with Gasteiger partial charge in [-0.25, -0.2) is 9.50 Å².